The molecule has 1 aromatic rings. The zero-order valence-corrected chi connectivity index (χ0v) is 10.3. The molecule has 2 heterocycles. The van der Waals surface area contributed by atoms with Gasteiger partial charge in [0.05, 0.1) is 0 Å². The van der Waals surface area contributed by atoms with Gasteiger partial charge in [0, 0.05) is 24.0 Å². The first-order chi connectivity index (χ1) is 6.90. The van der Waals surface area contributed by atoms with Crippen molar-refractivity contribution in [3.05, 3.63) is 10.0 Å². The van der Waals surface area contributed by atoms with E-state index in [-0.39, 0.29) is 0 Å². The molecule has 0 radical (unpaired) electrons. The van der Waals surface area contributed by atoms with Gasteiger partial charge in [-0.15, -0.1) is 33.1 Å². The van der Waals surface area contributed by atoms with Gasteiger partial charge in [-0.3, -0.25) is 0 Å². The largest absolute Gasteiger partial charge is 0.161 e. The van der Waals surface area contributed by atoms with Crippen molar-refractivity contribution in [1.29, 1.82) is 0 Å². The van der Waals surface area contributed by atoms with E-state index in [2.05, 4.69) is 10.2 Å². The Labute approximate surface area is 97.5 Å². The molecule has 0 aromatic carbocycles. The highest BCUT2D eigenvalue weighted by molar-refractivity contribution is 7.99. The van der Waals surface area contributed by atoms with Crippen molar-refractivity contribution in [2.24, 2.45) is 0 Å². The molecule has 0 saturated carbocycles. The lowest BCUT2D eigenvalue weighted by Gasteiger charge is -1.99. The number of nitrogens with zero attached hydrogens (tertiary/aromatic N) is 2. The van der Waals surface area contributed by atoms with Crippen LogP contribution in [0, 0.1) is 0 Å². The van der Waals surface area contributed by atoms with Crippen molar-refractivity contribution in [2.75, 3.05) is 17.4 Å². The van der Waals surface area contributed by atoms with Gasteiger partial charge in [-0.1, -0.05) is 0 Å². The molecule has 1 aliphatic rings. The van der Waals surface area contributed by atoms with E-state index in [1.165, 1.54) is 22.9 Å². The normalized spacial score (nSPS) is 21.6. The predicted molar refractivity (Wildman–Crippen MR) is 63.6 cm³/mol. The van der Waals surface area contributed by atoms with Crippen LogP contribution in [-0.2, 0) is 6.42 Å². The van der Waals surface area contributed by atoms with Crippen LogP contribution in [0.15, 0.2) is 0 Å². The van der Waals surface area contributed by atoms with Crippen LogP contribution < -0.4 is 0 Å². The van der Waals surface area contributed by atoms with Crippen LogP contribution >= 0.6 is 34.7 Å². The highest BCUT2D eigenvalue weighted by Crippen LogP contribution is 2.33. The maximum Gasteiger partial charge on any atom is 0.121 e. The Morgan fingerprint density at radius 2 is 2.36 bits per heavy atom. The Balaban J connectivity index is 1.94. The van der Waals surface area contributed by atoms with Crippen LogP contribution in [0.4, 0.5) is 0 Å². The van der Waals surface area contributed by atoms with Crippen LogP contribution in [0.2, 0.25) is 0 Å². The Bertz CT molecular complexity index is 284. The standard InChI is InChI=1S/C9H13ClN2S2/c10-4-1-2-8-11-12-9(14-8)7-3-5-13-6-7/h7H,1-6H2. The number of rotatable bonds is 4. The van der Waals surface area contributed by atoms with Gasteiger partial charge in [0.2, 0.25) is 0 Å². The van der Waals surface area contributed by atoms with Crippen molar-refractivity contribution in [3.63, 3.8) is 0 Å². The van der Waals surface area contributed by atoms with Gasteiger partial charge in [-0.25, -0.2) is 0 Å². The molecule has 0 spiro atoms. The van der Waals surface area contributed by atoms with Gasteiger partial charge in [-0.05, 0) is 18.6 Å². The second-order valence-electron chi connectivity index (χ2n) is 3.39. The summed E-state index contributed by atoms with van der Waals surface area (Å²) in [6.45, 7) is 0. The SMILES string of the molecule is ClCCCc1nnc(C2CCSC2)s1. The maximum atomic E-state index is 5.64. The molecule has 14 heavy (non-hydrogen) atoms. The quantitative estimate of drug-likeness (QED) is 0.767. The molecule has 0 bridgehead atoms. The van der Waals surface area contributed by atoms with Crippen molar-refractivity contribution in [1.82, 2.24) is 10.2 Å². The van der Waals surface area contributed by atoms with E-state index in [9.17, 15) is 0 Å². The lowest BCUT2D eigenvalue weighted by molar-refractivity contribution is 0.753. The second-order valence-corrected chi connectivity index (χ2v) is 6.01. The number of hydrogen-bond acceptors (Lipinski definition) is 4. The zero-order valence-electron chi connectivity index (χ0n) is 7.91. The van der Waals surface area contributed by atoms with Crippen LogP contribution in [0.25, 0.3) is 0 Å². The third-order valence-corrected chi connectivity index (χ3v) is 4.86. The zero-order chi connectivity index (χ0) is 9.80. The Kier molecular flexibility index (Phi) is 4.08. The fourth-order valence-corrected chi connectivity index (χ4v) is 3.96. The molecule has 1 unspecified atom stereocenters. The summed E-state index contributed by atoms with van der Waals surface area (Å²) in [5.74, 6) is 3.89. The van der Waals surface area contributed by atoms with Crippen LogP contribution in [-0.4, -0.2) is 27.6 Å². The van der Waals surface area contributed by atoms with E-state index in [0.717, 1.165) is 17.8 Å². The van der Waals surface area contributed by atoms with Gasteiger partial charge < -0.3 is 0 Å². The minimum absolute atomic E-state index is 0.669. The molecule has 1 aromatic heterocycles. The first kappa shape index (κ1) is 10.7. The van der Waals surface area contributed by atoms with E-state index in [0.29, 0.717) is 11.8 Å². The molecule has 1 fully saturated rings. The molecule has 1 aliphatic heterocycles. The summed E-state index contributed by atoms with van der Waals surface area (Å²) in [6.07, 6.45) is 3.27. The minimum Gasteiger partial charge on any atom is -0.161 e. The van der Waals surface area contributed by atoms with Gasteiger partial charge in [0.15, 0.2) is 0 Å². The monoisotopic (exact) mass is 248 g/mol. The Hall–Kier alpha value is 0.200. The van der Waals surface area contributed by atoms with Gasteiger partial charge >= 0.3 is 0 Å². The topological polar surface area (TPSA) is 25.8 Å². The lowest BCUT2D eigenvalue weighted by atomic mass is 10.1. The van der Waals surface area contributed by atoms with Crippen molar-refractivity contribution in [2.45, 2.75) is 25.2 Å². The molecule has 0 N–H and O–H groups in total. The number of thioether (sulfide) groups is 1. The number of hydrogen-bond donors (Lipinski definition) is 0. The van der Waals surface area contributed by atoms with Crippen LogP contribution in [0.5, 0.6) is 0 Å². The number of aryl methyl sites for hydroxylation is 1. The Morgan fingerprint density at radius 1 is 1.43 bits per heavy atom. The number of alkyl halides is 1. The fraction of sp³-hybridized carbons (Fsp3) is 0.778. The number of halogens is 1. The molecule has 2 rings (SSSR count). The third kappa shape index (κ3) is 2.61. The molecule has 1 atom stereocenters. The third-order valence-electron chi connectivity index (χ3n) is 2.29. The minimum atomic E-state index is 0.669. The van der Waals surface area contributed by atoms with E-state index in [4.69, 9.17) is 11.6 Å². The summed E-state index contributed by atoms with van der Waals surface area (Å²) in [7, 11) is 0. The van der Waals surface area contributed by atoms with Gasteiger partial charge in [0.1, 0.15) is 10.0 Å². The summed E-state index contributed by atoms with van der Waals surface area (Å²) in [5.41, 5.74) is 0. The average Bonchev–Trinajstić information content (AvgIpc) is 2.85. The lowest BCUT2D eigenvalue weighted by Crippen LogP contribution is -1.94. The first-order valence-corrected chi connectivity index (χ1v) is 7.36. The summed E-state index contributed by atoms with van der Waals surface area (Å²) >= 11 is 9.44. The molecule has 78 valence electrons. The first-order valence-electron chi connectivity index (χ1n) is 4.86. The summed E-state index contributed by atoms with van der Waals surface area (Å²) in [6, 6.07) is 0. The van der Waals surface area contributed by atoms with Crippen molar-refractivity contribution in [3.8, 4) is 0 Å². The Morgan fingerprint density at radius 3 is 3.07 bits per heavy atom. The second kappa shape index (κ2) is 5.33. The van der Waals surface area contributed by atoms with Crippen molar-refractivity contribution >= 4 is 34.7 Å². The predicted octanol–water partition coefficient (Wildman–Crippen LogP) is 2.93. The van der Waals surface area contributed by atoms with Crippen LogP contribution in [0.3, 0.4) is 0 Å². The molecule has 0 amide bonds. The highest BCUT2D eigenvalue weighted by Gasteiger charge is 2.21. The van der Waals surface area contributed by atoms with E-state index in [1.807, 2.05) is 11.8 Å². The maximum absolute atomic E-state index is 5.64. The van der Waals surface area contributed by atoms with Gasteiger partial charge in [-0.2, -0.15) is 11.8 Å². The van der Waals surface area contributed by atoms with Crippen molar-refractivity contribution < 1.29 is 0 Å². The molecule has 0 aliphatic carbocycles. The van der Waals surface area contributed by atoms with E-state index < -0.39 is 0 Å². The van der Waals surface area contributed by atoms with Crippen LogP contribution in [0.1, 0.15) is 28.8 Å². The van der Waals surface area contributed by atoms with E-state index >= 15 is 0 Å². The summed E-state index contributed by atoms with van der Waals surface area (Å²) in [5, 5.41) is 10.8. The molecule has 2 nitrogen and oxygen atoms in total. The molecular formula is C9H13ClN2S2. The molecule has 5 heteroatoms. The summed E-state index contributed by atoms with van der Waals surface area (Å²) < 4.78 is 0. The highest BCUT2D eigenvalue weighted by atomic mass is 35.5. The number of aromatic nitrogens is 2. The average molecular weight is 249 g/mol. The smallest absolute Gasteiger partial charge is 0.121 e. The fourth-order valence-electron chi connectivity index (χ4n) is 1.48. The molecule has 1 saturated heterocycles. The molecular weight excluding hydrogens is 236 g/mol. The summed E-state index contributed by atoms with van der Waals surface area (Å²) in [4.78, 5) is 0. The van der Waals surface area contributed by atoms with E-state index in [1.54, 1.807) is 11.3 Å². The van der Waals surface area contributed by atoms with Gasteiger partial charge in [0.25, 0.3) is 0 Å².